The van der Waals surface area contributed by atoms with Crippen LogP contribution < -0.4 is 4.90 Å². The topological polar surface area (TPSA) is 114 Å². The fourth-order valence-electron chi connectivity index (χ4n) is 5.92. The average Bonchev–Trinajstić information content (AvgIpc) is 3.49. The van der Waals surface area contributed by atoms with Gasteiger partial charge in [0.2, 0.25) is 0 Å². The number of likely N-dealkylation sites (tertiary alicyclic amines) is 1. The highest BCUT2D eigenvalue weighted by molar-refractivity contribution is 5.93. The van der Waals surface area contributed by atoms with Crippen LogP contribution in [0.25, 0.3) is 16.9 Å². The molecule has 1 unspecified atom stereocenters. The van der Waals surface area contributed by atoms with Crippen molar-refractivity contribution in [3.05, 3.63) is 47.5 Å². The number of aliphatic hydroxyl groups is 3. The molecule has 1 amide bonds. The van der Waals surface area contributed by atoms with Gasteiger partial charge >= 0.3 is 0 Å². The molecule has 0 aliphatic carbocycles. The zero-order chi connectivity index (χ0) is 27.9. The molecule has 0 spiro atoms. The molecular formula is C29H38FN5O4. The maximum atomic E-state index is 15.4. The van der Waals surface area contributed by atoms with E-state index in [0.29, 0.717) is 47.7 Å². The second-order valence-electron chi connectivity index (χ2n) is 11.3. The zero-order valence-corrected chi connectivity index (χ0v) is 22.9. The molecule has 3 N–H and O–H groups in total. The van der Waals surface area contributed by atoms with Crippen molar-refractivity contribution < 1.29 is 24.5 Å². The maximum absolute atomic E-state index is 15.4. The molecule has 2 atom stereocenters. The van der Waals surface area contributed by atoms with Gasteiger partial charge in [0.1, 0.15) is 11.5 Å². The van der Waals surface area contributed by atoms with Gasteiger partial charge < -0.3 is 25.1 Å². The molecule has 2 aliphatic rings. The van der Waals surface area contributed by atoms with E-state index in [-0.39, 0.29) is 25.1 Å². The first-order chi connectivity index (χ1) is 18.6. The van der Waals surface area contributed by atoms with Gasteiger partial charge in [-0.25, -0.2) is 13.9 Å². The predicted octanol–water partition coefficient (Wildman–Crippen LogP) is 3.39. The van der Waals surface area contributed by atoms with Crippen molar-refractivity contribution >= 4 is 17.2 Å². The Labute approximate surface area is 227 Å². The first-order valence-corrected chi connectivity index (χ1v) is 13.9. The number of aliphatic hydroxyl groups excluding tert-OH is 1. The fourth-order valence-corrected chi connectivity index (χ4v) is 5.92. The van der Waals surface area contributed by atoms with Crippen molar-refractivity contribution in [1.29, 1.82) is 0 Å². The summed E-state index contributed by atoms with van der Waals surface area (Å²) in [5, 5.41) is 34.9. The zero-order valence-electron chi connectivity index (χ0n) is 22.9. The molecule has 9 nitrogen and oxygen atoms in total. The number of rotatable bonds is 6. The number of anilines is 1. The highest BCUT2D eigenvalue weighted by Gasteiger charge is 2.50. The molecule has 3 aromatic rings. The summed E-state index contributed by atoms with van der Waals surface area (Å²) in [5.74, 6) is -2.60. The van der Waals surface area contributed by atoms with Crippen LogP contribution in [-0.4, -0.2) is 78.8 Å². The number of aromatic nitrogens is 3. The summed E-state index contributed by atoms with van der Waals surface area (Å²) in [7, 11) is 0. The normalized spacial score (nSPS) is 22.5. The summed E-state index contributed by atoms with van der Waals surface area (Å²) >= 11 is 0. The van der Waals surface area contributed by atoms with E-state index in [1.807, 2.05) is 16.7 Å². The molecule has 2 aliphatic heterocycles. The van der Waals surface area contributed by atoms with Gasteiger partial charge in [-0.05, 0) is 63.8 Å². The van der Waals surface area contributed by atoms with Crippen molar-refractivity contribution in [3.63, 3.8) is 0 Å². The standard InChI is InChI=1S/C29H38FN5O4/c1-4-20-15-25(27(37)34-12-7-5-6-8-19(34)2)31-26-16-24(32-35(20)26)22-10-9-21(14-23(22)30)33-13-11-29(17-33,18-36)28(3,38)39/h9-10,14-16,19,36,38-39H,4-8,11-13,17-18H2,1-3H3/t19-,29?/m1/s1. The molecular weight excluding hydrogens is 501 g/mol. The minimum atomic E-state index is -2.05. The SMILES string of the molecule is CCc1cc(C(=O)N2CCCCC[C@H]2C)nc2cc(-c3ccc(N4CCC(CO)(C(C)(O)O)C4)cc3F)nn12. The summed E-state index contributed by atoms with van der Waals surface area (Å²) in [6, 6.07) is 8.49. The van der Waals surface area contributed by atoms with E-state index >= 15 is 4.39 Å². The Bertz CT molecular complexity index is 1370. The predicted molar refractivity (Wildman–Crippen MR) is 146 cm³/mol. The summed E-state index contributed by atoms with van der Waals surface area (Å²) in [5.41, 5.74) is 1.91. The number of carbonyl (C=O) groups is 1. The van der Waals surface area contributed by atoms with Crippen molar-refractivity contribution in [2.45, 2.75) is 71.1 Å². The van der Waals surface area contributed by atoms with Crippen LogP contribution in [0.5, 0.6) is 0 Å². The van der Waals surface area contributed by atoms with E-state index < -0.39 is 17.0 Å². The van der Waals surface area contributed by atoms with Gasteiger partial charge in [-0.2, -0.15) is 5.10 Å². The first-order valence-electron chi connectivity index (χ1n) is 13.9. The molecule has 39 heavy (non-hydrogen) atoms. The van der Waals surface area contributed by atoms with Crippen LogP contribution in [0, 0.1) is 11.2 Å². The molecule has 210 valence electrons. The molecule has 4 heterocycles. The van der Waals surface area contributed by atoms with E-state index in [1.54, 1.807) is 28.8 Å². The number of nitrogens with zero attached hydrogens (tertiary/aromatic N) is 5. The monoisotopic (exact) mass is 539 g/mol. The van der Waals surface area contributed by atoms with Crippen LogP contribution in [0.15, 0.2) is 30.3 Å². The van der Waals surface area contributed by atoms with Crippen molar-refractivity contribution in [1.82, 2.24) is 19.5 Å². The maximum Gasteiger partial charge on any atom is 0.272 e. The number of benzene rings is 1. The van der Waals surface area contributed by atoms with E-state index in [1.165, 1.54) is 13.0 Å². The Kier molecular flexibility index (Phi) is 7.39. The van der Waals surface area contributed by atoms with Crippen molar-refractivity contribution in [2.75, 3.05) is 31.1 Å². The number of aryl methyl sites for hydroxylation is 1. The van der Waals surface area contributed by atoms with Crippen molar-refractivity contribution in [2.24, 2.45) is 5.41 Å². The number of carbonyl (C=O) groups excluding carboxylic acids is 1. The third-order valence-electron chi connectivity index (χ3n) is 8.65. The Morgan fingerprint density at radius 2 is 1.97 bits per heavy atom. The highest BCUT2D eigenvalue weighted by Crippen LogP contribution is 2.41. The molecule has 10 heteroatoms. The van der Waals surface area contributed by atoms with Gasteiger partial charge in [0, 0.05) is 48.7 Å². The highest BCUT2D eigenvalue weighted by atomic mass is 19.1. The second-order valence-corrected chi connectivity index (χ2v) is 11.3. The lowest BCUT2D eigenvalue weighted by Gasteiger charge is -2.37. The lowest BCUT2D eigenvalue weighted by molar-refractivity contribution is -0.233. The van der Waals surface area contributed by atoms with Crippen molar-refractivity contribution in [3.8, 4) is 11.3 Å². The number of hydrogen-bond donors (Lipinski definition) is 3. The molecule has 5 rings (SSSR count). The minimum absolute atomic E-state index is 0.0775. The van der Waals surface area contributed by atoms with Crippen LogP contribution >= 0.6 is 0 Å². The smallest absolute Gasteiger partial charge is 0.272 e. The van der Waals surface area contributed by atoms with E-state index in [0.717, 1.165) is 37.9 Å². The van der Waals surface area contributed by atoms with Gasteiger partial charge in [0.05, 0.1) is 17.7 Å². The molecule has 0 bridgehead atoms. The lowest BCUT2D eigenvalue weighted by atomic mass is 9.80. The van der Waals surface area contributed by atoms with Crippen LogP contribution in [0.1, 0.15) is 69.1 Å². The fraction of sp³-hybridized carbons (Fsp3) is 0.552. The minimum Gasteiger partial charge on any atom is -0.396 e. The van der Waals surface area contributed by atoms with E-state index in [9.17, 15) is 20.1 Å². The summed E-state index contributed by atoms with van der Waals surface area (Å²) in [6.07, 6.45) is 5.22. The number of amides is 1. The summed E-state index contributed by atoms with van der Waals surface area (Å²) in [6.45, 7) is 6.33. The average molecular weight is 540 g/mol. The summed E-state index contributed by atoms with van der Waals surface area (Å²) in [4.78, 5) is 21.8. The van der Waals surface area contributed by atoms with Gasteiger partial charge in [0.25, 0.3) is 5.91 Å². The van der Waals surface area contributed by atoms with Gasteiger partial charge in [-0.15, -0.1) is 0 Å². The molecule has 2 aromatic heterocycles. The lowest BCUT2D eigenvalue weighted by Crippen LogP contribution is -2.50. The van der Waals surface area contributed by atoms with Gasteiger partial charge in [-0.1, -0.05) is 19.8 Å². The summed E-state index contributed by atoms with van der Waals surface area (Å²) < 4.78 is 17.1. The Morgan fingerprint density at radius 3 is 2.64 bits per heavy atom. The Hall–Kier alpha value is -3.08. The molecule has 0 radical (unpaired) electrons. The molecule has 2 fully saturated rings. The quantitative estimate of drug-likeness (QED) is 0.412. The first kappa shape index (κ1) is 27.5. The third kappa shape index (κ3) is 5.01. The number of hydrogen-bond acceptors (Lipinski definition) is 7. The Balaban J connectivity index is 1.44. The molecule has 0 saturated carbocycles. The van der Waals surface area contributed by atoms with Crippen LogP contribution in [-0.2, 0) is 6.42 Å². The van der Waals surface area contributed by atoms with Crippen LogP contribution in [0.3, 0.4) is 0 Å². The third-order valence-corrected chi connectivity index (χ3v) is 8.65. The van der Waals surface area contributed by atoms with Gasteiger partial charge in [-0.3, -0.25) is 4.79 Å². The molecule has 1 aromatic carbocycles. The number of halogens is 1. The number of fused-ring (bicyclic) bond motifs is 1. The van der Waals surface area contributed by atoms with Crippen LogP contribution in [0.2, 0.25) is 0 Å². The van der Waals surface area contributed by atoms with Crippen LogP contribution in [0.4, 0.5) is 10.1 Å². The Morgan fingerprint density at radius 1 is 1.18 bits per heavy atom. The van der Waals surface area contributed by atoms with E-state index in [4.69, 9.17) is 0 Å². The van der Waals surface area contributed by atoms with Gasteiger partial charge in [0.15, 0.2) is 11.4 Å². The largest absolute Gasteiger partial charge is 0.396 e. The molecule has 2 saturated heterocycles. The van der Waals surface area contributed by atoms with E-state index in [2.05, 4.69) is 17.0 Å². The second kappa shape index (κ2) is 10.5.